The van der Waals surface area contributed by atoms with Gasteiger partial charge in [-0.1, -0.05) is 0 Å². The van der Waals surface area contributed by atoms with Crippen LogP contribution in [0.2, 0.25) is 0 Å². The quantitative estimate of drug-likeness (QED) is 0.912. The van der Waals surface area contributed by atoms with E-state index in [1.54, 1.807) is 19.4 Å². The van der Waals surface area contributed by atoms with E-state index in [1.165, 1.54) is 0 Å². The molecule has 1 heterocycles. The number of hydrogen-bond acceptors (Lipinski definition) is 4. The molecule has 0 aliphatic heterocycles. The van der Waals surface area contributed by atoms with Gasteiger partial charge in [0.1, 0.15) is 11.6 Å². The molecule has 0 amide bonds. The van der Waals surface area contributed by atoms with Gasteiger partial charge in [-0.15, -0.1) is 0 Å². The Labute approximate surface area is 108 Å². The van der Waals surface area contributed by atoms with Crippen LogP contribution in [0.25, 0.3) is 0 Å². The van der Waals surface area contributed by atoms with E-state index >= 15 is 0 Å². The van der Waals surface area contributed by atoms with Gasteiger partial charge in [-0.3, -0.25) is 0 Å². The van der Waals surface area contributed by atoms with E-state index < -0.39 is 0 Å². The summed E-state index contributed by atoms with van der Waals surface area (Å²) in [7, 11) is 1.64. The molecule has 17 heavy (non-hydrogen) atoms. The maximum Gasteiger partial charge on any atom is 0.125 e. The van der Waals surface area contributed by atoms with Gasteiger partial charge < -0.3 is 15.8 Å². The number of hydrogen-bond donors (Lipinski definition) is 2. The third-order valence-electron chi connectivity index (χ3n) is 2.23. The first kappa shape index (κ1) is 11.7. The highest BCUT2D eigenvalue weighted by Gasteiger charge is 2.03. The first-order chi connectivity index (χ1) is 8.19. The summed E-state index contributed by atoms with van der Waals surface area (Å²) >= 11 is 3.47. The van der Waals surface area contributed by atoms with Gasteiger partial charge in [0.05, 0.1) is 12.8 Å². The fourth-order valence-electron chi connectivity index (χ4n) is 1.41. The Morgan fingerprint density at radius 3 is 2.82 bits per heavy atom. The fraction of sp³-hybridized carbons (Fsp3) is 0.0833. The van der Waals surface area contributed by atoms with E-state index in [0.717, 1.165) is 21.6 Å². The third kappa shape index (κ3) is 2.88. The minimum atomic E-state index is 0.481. The fourth-order valence-corrected chi connectivity index (χ4v) is 1.75. The van der Waals surface area contributed by atoms with Crippen LogP contribution in [-0.2, 0) is 0 Å². The number of aromatic nitrogens is 1. The molecule has 1 aromatic heterocycles. The predicted molar refractivity (Wildman–Crippen MR) is 72.6 cm³/mol. The first-order valence-electron chi connectivity index (χ1n) is 5.01. The Hall–Kier alpha value is -1.75. The smallest absolute Gasteiger partial charge is 0.125 e. The number of nitrogens with two attached hydrogens (primary N) is 1. The van der Waals surface area contributed by atoms with Crippen molar-refractivity contribution in [1.82, 2.24) is 4.98 Å². The van der Waals surface area contributed by atoms with Crippen molar-refractivity contribution in [2.75, 3.05) is 18.2 Å². The number of halogens is 1. The van der Waals surface area contributed by atoms with Crippen molar-refractivity contribution in [1.29, 1.82) is 0 Å². The molecular weight excluding hydrogens is 282 g/mol. The average molecular weight is 294 g/mol. The monoisotopic (exact) mass is 293 g/mol. The lowest BCUT2D eigenvalue weighted by atomic mass is 10.3. The van der Waals surface area contributed by atoms with Crippen LogP contribution in [-0.4, -0.2) is 12.1 Å². The van der Waals surface area contributed by atoms with Crippen LogP contribution >= 0.6 is 15.9 Å². The minimum absolute atomic E-state index is 0.481. The molecule has 3 N–H and O–H groups in total. The second-order valence-corrected chi connectivity index (χ2v) is 4.29. The number of pyridine rings is 1. The number of anilines is 3. The molecule has 0 spiro atoms. The summed E-state index contributed by atoms with van der Waals surface area (Å²) in [5.74, 6) is 1.27. The van der Waals surface area contributed by atoms with Gasteiger partial charge in [0.25, 0.3) is 0 Å². The molecule has 0 saturated carbocycles. The molecule has 88 valence electrons. The maximum absolute atomic E-state index is 5.62. The first-order valence-corrected chi connectivity index (χ1v) is 5.80. The van der Waals surface area contributed by atoms with E-state index in [9.17, 15) is 0 Å². The van der Waals surface area contributed by atoms with Crippen LogP contribution in [0.15, 0.2) is 41.0 Å². The predicted octanol–water partition coefficient (Wildman–Crippen LogP) is 3.18. The number of rotatable bonds is 3. The van der Waals surface area contributed by atoms with Crippen molar-refractivity contribution >= 4 is 33.1 Å². The van der Waals surface area contributed by atoms with E-state index in [-0.39, 0.29) is 0 Å². The summed E-state index contributed by atoms with van der Waals surface area (Å²) < 4.78 is 6.13. The molecule has 0 atom stereocenters. The van der Waals surface area contributed by atoms with E-state index in [2.05, 4.69) is 26.2 Å². The van der Waals surface area contributed by atoms with Gasteiger partial charge in [0, 0.05) is 28.5 Å². The van der Waals surface area contributed by atoms with Crippen molar-refractivity contribution < 1.29 is 4.74 Å². The highest BCUT2D eigenvalue weighted by atomic mass is 79.9. The van der Waals surface area contributed by atoms with Gasteiger partial charge in [-0.25, -0.2) is 4.98 Å². The molecule has 2 rings (SSSR count). The zero-order chi connectivity index (χ0) is 12.3. The third-order valence-corrected chi connectivity index (χ3v) is 2.93. The summed E-state index contributed by atoms with van der Waals surface area (Å²) in [4.78, 5) is 3.94. The summed E-state index contributed by atoms with van der Waals surface area (Å²) in [6.07, 6.45) is 1.66. The SMILES string of the molecule is COc1ccc(Br)c(Nc2ccnc(N)c2)c1. The number of nitrogen functional groups attached to an aromatic ring is 1. The van der Waals surface area contributed by atoms with Crippen LogP contribution in [0.4, 0.5) is 17.2 Å². The lowest BCUT2D eigenvalue weighted by Crippen LogP contribution is -1.95. The van der Waals surface area contributed by atoms with Crippen molar-refractivity contribution in [3.63, 3.8) is 0 Å². The zero-order valence-corrected chi connectivity index (χ0v) is 10.9. The molecule has 4 nitrogen and oxygen atoms in total. The molecular formula is C12H12BrN3O. The molecule has 1 aromatic carbocycles. The highest BCUT2D eigenvalue weighted by molar-refractivity contribution is 9.10. The summed E-state index contributed by atoms with van der Waals surface area (Å²) in [6.45, 7) is 0. The van der Waals surface area contributed by atoms with Crippen molar-refractivity contribution in [3.8, 4) is 5.75 Å². The van der Waals surface area contributed by atoms with E-state index in [4.69, 9.17) is 10.5 Å². The maximum atomic E-state index is 5.62. The second-order valence-electron chi connectivity index (χ2n) is 3.44. The summed E-state index contributed by atoms with van der Waals surface area (Å²) in [6, 6.07) is 9.33. The van der Waals surface area contributed by atoms with Gasteiger partial charge in [-0.2, -0.15) is 0 Å². The topological polar surface area (TPSA) is 60.2 Å². The standard InChI is InChI=1S/C12H12BrN3O/c1-17-9-2-3-10(13)11(7-9)16-8-4-5-15-12(14)6-8/h2-7H,1H3,(H3,14,15,16). The average Bonchev–Trinajstić information content (AvgIpc) is 2.32. The molecule has 0 bridgehead atoms. The van der Waals surface area contributed by atoms with Crippen LogP contribution in [0.5, 0.6) is 5.75 Å². The summed E-state index contributed by atoms with van der Waals surface area (Å²) in [5, 5.41) is 3.24. The molecule has 0 aliphatic carbocycles. The van der Waals surface area contributed by atoms with Crippen molar-refractivity contribution in [3.05, 3.63) is 41.0 Å². The van der Waals surface area contributed by atoms with Gasteiger partial charge in [0.2, 0.25) is 0 Å². The van der Waals surface area contributed by atoms with Crippen LogP contribution < -0.4 is 15.8 Å². The highest BCUT2D eigenvalue weighted by Crippen LogP contribution is 2.29. The Morgan fingerprint density at radius 1 is 1.29 bits per heavy atom. The summed E-state index contributed by atoms with van der Waals surface area (Å²) in [5.41, 5.74) is 7.41. The molecule has 0 aliphatic rings. The number of nitrogens with zero attached hydrogens (tertiary/aromatic N) is 1. The van der Waals surface area contributed by atoms with Crippen LogP contribution in [0.3, 0.4) is 0 Å². The molecule has 0 saturated heterocycles. The Balaban J connectivity index is 2.29. The lowest BCUT2D eigenvalue weighted by molar-refractivity contribution is 0.415. The molecule has 2 aromatic rings. The molecule has 0 radical (unpaired) electrons. The molecule has 0 fully saturated rings. The van der Waals surface area contributed by atoms with Gasteiger partial charge in [-0.05, 0) is 34.1 Å². The van der Waals surface area contributed by atoms with Crippen LogP contribution in [0.1, 0.15) is 0 Å². The Bertz CT molecular complexity index is 531. The lowest BCUT2D eigenvalue weighted by Gasteiger charge is -2.10. The van der Waals surface area contributed by atoms with Gasteiger partial charge >= 0.3 is 0 Å². The number of methoxy groups -OCH3 is 1. The molecule has 5 heteroatoms. The number of nitrogens with one attached hydrogen (secondary N) is 1. The zero-order valence-electron chi connectivity index (χ0n) is 9.27. The van der Waals surface area contributed by atoms with Crippen LogP contribution in [0, 0.1) is 0 Å². The second kappa shape index (κ2) is 5.05. The molecule has 0 unspecified atom stereocenters. The Kier molecular flexibility index (Phi) is 3.49. The number of benzene rings is 1. The van der Waals surface area contributed by atoms with Crippen molar-refractivity contribution in [2.45, 2.75) is 0 Å². The van der Waals surface area contributed by atoms with Crippen molar-refractivity contribution in [2.24, 2.45) is 0 Å². The normalized spacial score (nSPS) is 10.0. The van der Waals surface area contributed by atoms with E-state index in [1.807, 2.05) is 24.3 Å². The minimum Gasteiger partial charge on any atom is -0.497 e. The van der Waals surface area contributed by atoms with Gasteiger partial charge in [0.15, 0.2) is 0 Å². The number of ether oxygens (including phenoxy) is 1. The largest absolute Gasteiger partial charge is 0.497 e. The van der Waals surface area contributed by atoms with E-state index in [0.29, 0.717) is 5.82 Å². The Morgan fingerprint density at radius 2 is 2.12 bits per heavy atom.